The van der Waals surface area contributed by atoms with E-state index in [4.69, 9.17) is 4.74 Å². The highest BCUT2D eigenvalue weighted by molar-refractivity contribution is 4.85. The number of hydrogen-bond acceptors (Lipinski definition) is 1. The Hall–Kier alpha value is -0.0800. The summed E-state index contributed by atoms with van der Waals surface area (Å²) in [5.41, 5.74) is 0.0909. The van der Waals surface area contributed by atoms with E-state index in [9.17, 15) is 0 Å². The second-order valence-electron chi connectivity index (χ2n) is 3.97. The Kier molecular flexibility index (Phi) is 2.90. The van der Waals surface area contributed by atoms with E-state index < -0.39 is 0 Å². The van der Waals surface area contributed by atoms with E-state index in [0.717, 1.165) is 25.5 Å². The molecule has 66 valence electrons. The van der Waals surface area contributed by atoms with Crippen LogP contribution in [0, 0.1) is 5.92 Å². The minimum Gasteiger partial charge on any atom is -0.665 e. The monoisotopic (exact) mass is 156 g/mol. The summed E-state index contributed by atoms with van der Waals surface area (Å²) in [6.45, 7) is 6.24. The molecule has 0 saturated carbocycles. The Morgan fingerprint density at radius 2 is 2.27 bits per heavy atom. The Morgan fingerprint density at radius 3 is 2.82 bits per heavy atom. The van der Waals surface area contributed by atoms with E-state index in [1.807, 2.05) is 7.05 Å². The zero-order valence-corrected chi connectivity index (χ0v) is 7.76. The number of hydrogen-bond donors (Lipinski definition) is 0. The van der Waals surface area contributed by atoms with E-state index in [1.54, 1.807) is 0 Å². The molecule has 1 atom stereocenters. The lowest BCUT2D eigenvalue weighted by molar-refractivity contribution is -0.0697. The van der Waals surface area contributed by atoms with Gasteiger partial charge < -0.3 is 10.1 Å². The number of ether oxygens (including phenoxy) is 1. The van der Waals surface area contributed by atoms with Gasteiger partial charge in [-0.05, 0) is 26.7 Å². The maximum atomic E-state index is 5.60. The first-order valence-electron chi connectivity index (χ1n) is 4.33. The minimum atomic E-state index is 0.0909. The van der Waals surface area contributed by atoms with Gasteiger partial charge >= 0.3 is 0 Å². The van der Waals surface area contributed by atoms with Crippen LogP contribution in [0.5, 0.6) is 0 Å². The van der Waals surface area contributed by atoms with Crippen molar-refractivity contribution < 1.29 is 4.74 Å². The molecule has 2 heteroatoms. The fourth-order valence-corrected chi connectivity index (χ4v) is 1.77. The summed E-state index contributed by atoms with van der Waals surface area (Å²) < 4.78 is 5.60. The first-order valence-corrected chi connectivity index (χ1v) is 4.33. The summed E-state index contributed by atoms with van der Waals surface area (Å²) in [5.74, 6) is 0.753. The van der Waals surface area contributed by atoms with Gasteiger partial charge in [0.15, 0.2) is 0 Å². The smallest absolute Gasteiger partial charge is 0.0628 e. The van der Waals surface area contributed by atoms with Gasteiger partial charge in [0, 0.05) is 6.61 Å². The molecule has 1 aliphatic rings. The lowest BCUT2D eigenvalue weighted by Crippen LogP contribution is -2.34. The molecule has 1 fully saturated rings. The SMILES string of the molecule is C[N-]CC1CCOC(C)(C)C1. The molecule has 2 nitrogen and oxygen atoms in total. The Bertz CT molecular complexity index is 121. The van der Waals surface area contributed by atoms with Crippen LogP contribution >= 0.6 is 0 Å². The van der Waals surface area contributed by atoms with Crippen LogP contribution in [0.4, 0.5) is 0 Å². The molecule has 0 aliphatic carbocycles. The highest BCUT2D eigenvalue weighted by Crippen LogP contribution is 2.28. The normalized spacial score (nSPS) is 30.3. The lowest BCUT2D eigenvalue weighted by Gasteiger charge is -2.37. The predicted octanol–water partition coefficient (Wildman–Crippen LogP) is 2.20. The fraction of sp³-hybridized carbons (Fsp3) is 1.00. The van der Waals surface area contributed by atoms with Crippen LogP contribution in [0.25, 0.3) is 5.32 Å². The van der Waals surface area contributed by atoms with Crippen molar-refractivity contribution in [2.75, 3.05) is 20.2 Å². The molecule has 0 aromatic rings. The van der Waals surface area contributed by atoms with Gasteiger partial charge in [-0.3, -0.25) is 0 Å². The van der Waals surface area contributed by atoms with Gasteiger partial charge in [-0.25, -0.2) is 0 Å². The lowest BCUT2D eigenvalue weighted by atomic mass is 9.88. The van der Waals surface area contributed by atoms with Crippen molar-refractivity contribution in [1.82, 2.24) is 0 Å². The van der Waals surface area contributed by atoms with Crippen molar-refractivity contribution in [2.24, 2.45) is 5.92 Å². The Balaban J connectivity index is 2.34. The second-order valence-corrected chi connectivity index (χ2v) is 3.97. The molecule has 0 bridgehead atoms. The first kappa shape index (κ1) is 9.01. The average molecular weight is 156 g/mol. The largest absolute Gasteiger partial charge is 0.665 e. The van der Waals surface area contributed by atoms with Gasteiger partial charge in [-0.15, -0.1) is 6.54 Å². The highest BCUT2D eigenvalue weighted by atomic mass is 16.5. The molecule has 1 heterocycles. The molecule has 1 aliphatic heterocycles. The van der Waals surface area contributed by atoms with Crippen molar-refractivity contribution in [2.45, 2.75) is 32.3 Å². The quantitative estimate of drug-likeness (QED) is 0.601. The number of nitrogens with zero attached hydrogens (tertiary/aromatic N) is 1. The summed E-state index contributed by atoms with van der Waals surface area (Å²) >= 11 is 0. The standard InChI is InChI=1S/C9H18NO/c1-9(2)6-8(7-10-3)4-5-11-9/h8H,4-7H2,1-3H3/q-1. The maximum Gasteiger partial charge on any atom is 0.0628 e. The maximum absolute atomic E-state index is 5.60. The molecular weight excluding hydrogens is 138 g/mol. The minimum absolute atomic E-state index is 0.0909. The molecule has 1 rings (SSSR count). The van der Waals surface area contributed by atoms with Crippen LogP contribution in [-0.2, 0) is 4.74 Å². The van der Waals surface area contributed by atoms with Crippen molar-refractivity contribution in [3.63, 3.8) is 0 Å². The predicted molar refractivity (Wildman–Crippen MR) is 46.9 cm³/mol. The fourth-order valence-electron chi connectivity index (χ4n) is 1.77. The van der Waals surface area contributed by atoms with Crippen molar-refractivity contribution in [1.29, 1.82) is 0 Å². The van der Waals surface area contributed by atoms with E-state index >= 15 is 0 Å². The number of rotatable bonds is 2. The van der Waals surface area contributed by atoms with Crippen molar-refractivity contribution in [3.05, 3.63) is 5.32 Å². The van der Waals surface area contributed by atoms with Gasteiger partial charge in [0.25, 0.3) is 0 Å². The van der Waals surface area contributed by atoms with E-state index in [0.29, 0.717) is 0 Å². The van der Waals surface area contributed by atoms with Gasteiger partial charge in [0.05, 0.1) is 5.60 Å². The zero-order chi connectivity index (χ0) is 8.32. The summed E-state index contributed by atoms with van der Waals surface area (Å²) in [4.78, 5) is 0. The Morgan fingerprint density at radius 1 is 1.55 bits per heavy atom. The van der Waals surface area contributed by atoms with Crippen LogP contribution in [0.1, 0.15) is 26.7 Å². The summed E-state index contributed by atoms with van der Waals surface area (Å²) in [6, 6.07) is 0. The third-order valence-electron chi connectivity index (χ3n) is 2.24. The summed E-state index contributed by atoms with van der Waals surface area (Å²) in [7, 11) is 1.89. The molecule has 1 unspecified atom stereocenters. The average Bonchev–Trinajstić information content (AvgIpc) is 1.85. The molecule has 1 saturated heterocycles. The molecular formula is C9H18NO-. The van der Waals surface area contributed by atoms with Crippen LogP contribution in [0.15, 0.2) is 0 Å². The highest BCUT2D eigenvalue weighted by Gasteiger charge is 2.26. The Labute approximate surface area is 69.3 Å². The zero-order valence-electron chi connectivity index (χ0n) is 7.76. The molecule has 11 heavy (non-hydrogen) atoms. The third-order valence-corrected chi connectivity index (χ3v) is 2.24. The molecule has 0 radical (unpaired) electrons. The molecule has 0 aromatic heterocycles. The molecule has 0 spiro atoms. The molecule has 0 amide bonds. The van der Waals surface area contributed by atoms with Gasteiger partial charge in [-0.1, -0.05) is 5.92 Å². The molecule has 0 N–H and O–H groups in total. The molecule has 0 aromatic carbocycles. The van der Waals surface area contributed by atoms with Gasteiger partial charge in [0.1, 0.15) is 0 Å². The topological polar surface area (TPSA) is 23.3 Å². The van der Waals surface area contributed by atoms with E-state index in [2.05, 4.69) is 19.2 Å². The first-order chi connectivity index (χ1) is 5.14. The second kappa shape index (κ2) is 3.55. The van der Waals surface area contributed by atoms with Gasteiger partial charge in [-0.2, -0.15) is 7.05 Å². The van der Waals surface area contributed by atoms with Gasteiger partial charge in [0.2, 0.25) is 0 Å². The van der Waals surface area contributed by atoms with E-state index in [-0.39, 0.29) is 5.60 Å². The van der Waals surface area contributed by atoms with Crippen LogP contribution in [0.2, 0.25) is 0 Å². The van der Waals surface area contributed by atoms with Crippen molar-refractivity contribution >= 4 is 0 Å². The summed E-state index contributed by atoms with van der Waals surface area (Å²) in [6.07, 6.45) is 2.34. The van der Waals surface area contributed by atoms with Crippen LogP contribution < -0.4 is 0 Å². The third kappa shape index (κ3) is 2.80. The van der Waals surface area contributed by atoms with E-state index in [1.165, 1.54) is 6.42 Å². The van der Waals surface area contributed by atoms with Crippen LogP contribution in [-0.4, -0.2) is 25.8 Å². The van der Waals surface area contributed by atoms with Crippen molar-refractivity contribution in [3.8, 4) is 0 Å². The van der Waals surface area contributed by atoms with Crippen LogP contribution in [0.3, 0.4) is 0 Å². The summed E-state index contributed by atoms with van der Waals surface area (Å²) in [5, 5.41) is 4.17.